The first kappa shape index (κ1) is 22.4. The fraction of sp³-hybridized carbons (Fsp3) is 0.520. The van der Waals surface area contributed by atoms with Gasteiger partial charge in [0.15, 0.2) is 0 Å². The van der Waals surface area contributed by atoms with Crippen molar-refractivity contribution >= 4 is 11.8 Å². The Balaban J connectivity index is 1.33. The highest BCUT2D eigenvalue weighted by Crippen LogP contribution is 2.36. The summed E-state index contributed by atoms with van der Waals surface area (Å²) >= 11 is 0. The molecule has 7 heteroatoms. The molecule has 4 rings (SSSR count). The van der Waals surface area contributed by atoms with Gasteiger partial charge in [-0.1, -0.05) is 19.1 Å². The van der Waals surface area contributed by atoms with Crippen LogP contribution in [0.1, 0.15) is 54.9 Å². The number of aromatic nitrogens is 2. The van der Waals surface area contributed by atoms with E-state index in [-0.39, 0.29) is 30.0 Å². The highest BCUT2D eigenvalue weighted by atomic mass is 19.1. The molecule has 0 N–H and O–H groups in total. The maximum absolute atomic E-state index is 13.4. The fourth-order valence-electron chi connectivity index (χ4n) is 4.87. The zero-order chi connectivity index (χ0) is 22.9. The normalized spacial score (nSPS) is 20.4. The van der Waals surface area contributed by atoms with Gasteiger partial charge in [0.1, 0.15) is 11.6 Å². The lowest BCUT2D eigenvalue weighted by atomic mass is 9.79. The van der Waals surface area contributed by atoms with Gasteiger partial charge in [-0.05, 0) is 56.9 Å². The van der Waals surface area contributed by atoms with Gasteiger partial charge in [0, 0.05) is 48.9 Å². The van der Waals surface area contributed by atoms with Crippen LogP contribution < -0.4 is 0 Å². The molecule has 0 spiro atoms. The van der Waals surface area contributed by atoms with Crippen LogP contribution in [0.25, 0.3) is 0 Å². The predicted molar refractivity (Wildman–Crippen MR) is 119 cm³/mol. The lowest BCUT2D eigenvalue weighted by molar-refractivity contribution is -0.146. The monoisotopic (exact) mass is 438 g/mol. The first-order valence-corrected chi connectivity index (χ1v) is 11.4. The van der Waals surface area contributed by atoms with Crippen molar-refractivity contribution in [2.24, 2.45) is 5.41 Å². The third-order valence-electron chi connectivity index (χ3n) is 6.82. The van der Waals surface area contributed by atoms with Gasteiger partial charge in [-0.2, -0.15) is 0 Å². The lowest BCUT2D eigenvalue weighted by Crippen LogP contribution is -2.49. The highest BCUT2D eigenvalue weighted by Gasteiger charge is 2.42. The minimum absolute atomic E-state index is 0.0155. The van der Waals surface area contributed by atoms with E-state index in [1.165, 1.54) is 12.1 Å². The molecule has 3 heterocycles. The average Bonchev–Trinajstić information content (AvgIpc) is 3.23. The molecular formula is C25H31FN4O2. The van der Waals surface area contributed by atoms with E-state index < -0.39 is 5.41 Å². The molecule has 170 valence electrons. The number of nitrogens with zero attached hydrogens (tertiary/aromatic N) is 4. The summed E-state index contributed by atoms with van der Waals surface area (Å²) in [6.45, 7) is 8.43. The number of aryl methyl sites for hydroxylation is 2. The highest BCUT2D eigenvalue weighted by molar-refractivity contribution is 5.84. The van der Waals surface area contributed by atoms with Gasteiger partial charge < -0.3 is 9.80 Å². The zero-order valence-electron chi connectivity index (χ0n) is 19.1. The average molecular weight is 439 g/mol. The number of hydrogen-bond donors (Lipinski definition) is 0. The Morgan fingerprint density at radius 3 is 2.41 bits per heavy atom. The molecule has 2 aliphatic heterocycles. The third kappa shape index (κ3) is 4.81. The van der Waals surface area contributed by atoms with E-state index >= 15 is 0 Å². The minimum atomic E-state index is -0.464. The topological polar surface area (TPSA) is 66.4 Å². The number of carbonyl (C=O) groups is 2. The second-order valence-corrected chi connectivity index (χ2v) is 9.49. The molecule has 2 saturated heterocycles. The summed E-state index contributed by atoms with van der Waals surface area (Å²) in [5, 5.41) is 0. The number of amides is 2. The van der Waals surface area contributed by atoms with Crippen LogP contribution in [0.2, 0.25) is 0 Å². The van der Waals surface area contributed by atoms with Crippen molar-refractivity contribution in [3.8, 4) is 0 Å². The number of benzene rings is 1. The van der Waals surface area contributed by atoms with Crippen molar-refractivity contribution in [1.29, 1.82) is 0 Å². The molecule has 32 heavy (non-hydrogen) atoms. The van der Waals surface area contributed by atoms with Gasteiger partial charge in [0.05, 0.1) is 6.42 Å². The number of carbonyl (C=O) groups excluding carboxylic acids is 2. The zero-order valence-corrected chi connectivity index (χ0v) is 19.1. The van der Waals surface area contributed by atoms with Gasteiger partial charge in [-0.15, -0.1) is 0 Å². The van der Waals surface area contributed by atoms with Gasteiger partial charge in [-0.3, -0.25) is 9.59 Å². The molecule has 0 aliphatic carbocycles. The molecule has 0 radical (unpaired) electrons. The number of likely N-dealkylation sites (tertiary alicyclic amines) is 2. The van der Waals surface area contributed by atoms with Gasteiger partial charge >= 0.3 is 0 Å². The first-order chi connectivity index (χ1) is 15.2. The Hall–Kier alpha value is -2.83. The van der Waals surface area contributed by atoms with Crippen molar-refractivity contribution in [3.63, 3.8) is 0 Å². The molecule has 1 aromatic heterocycles. The summed E-state index contributed by atoms with van der Waals surface area (Å²) in [5.41, 5.74) is 2.13. The number of rotatable bonds is 4. The largest absolute Gasteiger partial charge is 0.342 e. The summed E-state index contributed by atoms with van der Waals surface area (Å²) in [6.07, 6.45) is 2.35. The van der Waals surface area contributed by atoms with Crippen LogP contribution in [0.3, 0.4) is 0 Å². The second kappa shape index (κ2) is 8.96. The van der Waals surface area contributed by atoms with Crippen molar-refractivity contribution < 1.29 is 14.0 Å². The molecule has 1 aromatic carbocycles. The molecule has 0 unspecified atom stereocenters. The summed E-state index contributed by atoms with van der Waals surface area (Å²) in [7, 11) is 0. The quantitative estimate of drug-likeness (QED) is 0.734. The minimum Gasteiger partial charge on any atom is -0.342 e. The van der Waals surface area contributed by atoms with Crippen LogP contribution in [-0.2, 0) is 16.0 Å². The van der Waals surface area contributed by atoms with Crippen LogP contribution in [0.5, 0.6) is 0 Å². The standard InChI is InChI=1S/C25H31FN4O2/c1-17-13-18(2)28-23(27-17)20-7-10-30(16-20)24(32)25(3)8-11-29(12-9-25)22(31)15-19-5-4-6-21(26)14-19/h4-6,13-14,20H,7-12,15-16H2,1-3H3/t20-/m1/s1. The first-order valence-electron chi connectivity index (χ1n) is 11.4. The molecule has 2 aromatic rings. The number of halogens is 1. The Morgan fingerprint density at radius 2 is 1.75 bits per heavy atom. The summed E-state index contributed by atoms with van der Waals surface area (Å²) in [4.78, 5) is 39.0. The molecule has 0 saturated carbocycles. The van der Waals surface area contributed by atoms with E-state index in [0.717, 1.165) is 30.2 Å². The van der Waals surface area contributed by atoms with Crippen molar-refractivity contribution in [2.75, 3.05) is 26.2 Å². The fourth-order valence-corrected chi connectivity index (χ4v) is 4.87. The number of piperidine rings is 1. The molecule has 2 amide bonds. The van der Waals surface area contributed by atoms with Crippen molar-refractivity contribution in [1.82, 2.24) is 19.8 Å². The van der Waals surface area contributed by atoms with E-state index in [4.69, 9.17) is 0 Å². The lowest BCUT2D eigenvalue weighted by Gasteiger charge is -2.40. The summed E-state index contributed by atoms with van der Waals surface area (Å²) < 4.78 is 13.4. The second-order valence-electron chi connectivity index (χ2n) is 9.49. The molecule has 1 atom stereocenters. The SMILES string of the molecule is Cc1cc(C)nc([C@@H]2CCN(C(=O)C3(C)CCN(C(=O)Cc4cccc(F)c4)CC3)C2)n1. The molecular weight excluding hydrogens is 407 g/mol. The van der Waals surface area contributed by atoms with Crippen LogP contribution in [0.4, 0.5) is 4.39 Å². The maximum atomic E-state index is 13.4. The Morgan fingerprint density at radius 1 is 1.06 bits per heavy atom. The predicted octanol–water partition coefficient (Wildman–Crippen LogP) is 3.42. The Labute approximate surface area is 188 Å². The maximum Gasteiger partial charge on any atom is 0.228 e. The molecule has 2 aliphatic rings. The van der Waals surface area contributed by atoms with Crippen molar-refractivity contribution in [2.45, 2.75) is 52.4 Å². The van der Waals surface area contributed by atoms with Gasteiger partial charge in [0.25, 0.3) is 0 Å². The van der Waals surface area contributed by atoms with E-state index in [0.29, 0.717) is 38.0 Å². The smallest absolute Gasteiger partial charge is 0.228 e. The molecule has 0 bridgehead atoms. The van der Waals surface area contributed by atoms with Gasteiger partial charge in [-0.25, -0.2) is 14.4 Å². The Bertz CT molecular complexity index is 997. The van der Waals surface area contributed by atoms with E-state index in [9.17, 15) is 14.0 Å². The van der Waals surface area contributed by atoms with Crippen LogP contribution in [0.15, 0.2) is 30.3 Å². The summed E-state index contributed by atoms with van der Waals surface area (Å²) in [6, 6.07) is 8.13. The Kier molecular flexibility index (Phi) is 6.26. The van der Waals surface area contributed by atoms with Gasteiger partial charge in [0.2, 0.25) is 11.8 Å². The van der Waals surface area contributed by atoms with Crippen LogP contribution >= 0.6 is 0 Å². The number of hydrogen-bond acceptors (Lipinski definition) is 4. The van der Waals surface area contributed by atoms with Crippen molar-refractivity contribution in [3.05, 3.63) is 58.9 Å². The van der Waals surface area contributed by atoms with Crippen LogP contribution in [-0.4, -0.2) is 57.8 Å². The third-order valence-corrected chi connectivity index (χ3v) is 6.82. The molecule has 2 fully saturated rings. The molecule has 6 nitrogen and oxygen atoms in total. The van der Waals surface area contributed by atoms with Crippen LogP contribution in [0, 0.1) is 25.1 Å². The van der Waals surface area contributed by atoms with E-state index in [1.54, 1.807) is 17.0 Å². The van der Waals surface area contributed by atoms with E-state index in [1.807, 2.05) is 31.7 Å². The summed E-state index contributed by atoms with van der Waals surface area (Å²) in [5.74, 6) is 0.831. The van der Waals surface area contributed by atoms with E-state index in [2.05, 4.69) is 9.97 Å².